The SMILES string of the molecule is COC(=O)CCc1ccc(OCCN(C(=O)OC)c2ccccc2)c(-c2ccc3ccccc3c2)c1. The number of fused-ring (bicyclic) bond motifs is 1. The number of ether oxygens (including phenoxy) is 3. The van der Waals surface area contributed by atoms with Gasteiger partial charge in [-0.3, -0.25) is 9.69 Å². The van der Waals surface area contributed by atoms with Crippen LogP contribution in [0.15, 0.2) is 91.0 Å². The van der Waals surface area contributed by atoms with Gasteiger partial charge in [0.2, 0.25) is 0 Å². The van der Waals surface area contributed by atoms with E-state index >= 15 is 0 Å². The van der Waals surface area contributed by atoms with Gasteiger partial charge in [0.05, 0.1) is 20.8 Å². The number of para-hydroxylation sites is 1. The molecule has 1 amide bonds. The molecule has 4 aromatic carbocycles. The van der Waals surface area contributed by atoms with Gasteiger partial charge in [-0.1, -0.05) is 60.7 Å². The van der Waals surface area contributed by atoms with E-state index in [-0.39, 0.29) is 12.6 Å². The lowest BCUT2D eigenvalue weighted by Gasteiger charge is -2.22. The smallest absolute Gasteiger partial charge is 0.414 e. The average molecular weight is 484 g/mol. The number of rotatable bonds is 9. The molecule has 0 spiro atoms. The normalized spacial score (nSPS) is 10.6. The highest BCUT2D eigenvalue weighted by Crippen LogP contribution is 2.33. The standard InChI is InChI=1S/C30H29NO5/c1-34-29(32)17-13-22-12-16-28(27(20-22)25-15-14-23-8-6-7-9-24(23)21-25)36-19-18-31(30(33)35-2)26-10-4-3-5-11-26/h3-12,14-16,20-21H,13,17-19H2,1-2H3. The summed E-state index contributed by atoms with van der Waals surface area (Å²) in [5, 5.41) is 2.28. The lowest BCUT2D eigenvalue weighted by molar-refractivity contribution is -0.140. The summed E-state index contributed by atoms with van der Waals surface area (Å²) in [6.45, 7) is 0.587. The third-order valence-corrected chi connectivity index (χ3v) is 5.99. The number of hydrogen-bond acceptors (Lipinski definition) is 5. The van der Waals surface area contributed by atoms with E-state index in [4.69, 9.17) is 14.2 Å². The highest BCUT2D eigenvalue weighted by Gasteiger charge is 2.17. The fourth-order valence-corrected chi connectivity index (χ4v) is 4.08. The van der Waals surface area contributed by atoms with E-state index in [0.717, 1.165) is 33.2 Å². The first-order valence-corrected chi connectivity index (χ1v) is 11.8. The van der Waals surface area contributed by atoms with Crippen LogP contribution in [0.4, 0.5) is 10.5 Å². The second-order valence-corrected chi connectivity index (χ2v) is 8.27. The highest BCUT2D eigenvalue weighted by molar-refractivity contribution is 5.89. The maximum atomic E-state index is 12.4. The fourth-order valence-electron chi connectivity index (χ4n) is 4.08. The van der Waals surface area contributed by atoms with Gasteiger partial charge in [-0.25, -0.2) is 4.79 Å². The number of nitrogens with zero attached hydrogens (tertiary/aromatic N) is 1. The van der Waals surface area contributed by atoms with Crippen molar-refractivity contribution in [2.24, 2.45) is 0 Å². The van der Waals surface area contributed by atoms with E-state index in [1.165, 1.54) is 14.2 Å². The Morgan fingerprint density at radius 1 is 0.778 bits per heavy atom. The zero-order chi connectivity index (χ0) is 25.3. The molecule has 0 unspecified atom stereocenters. The molecular weight excluding hydrogens is 454 g/mol. The fraction of sp³-hybridized carbons (Fsp3) is 0.200. The highest BCUT2D eigenvalue weighted by atomic mass is 16.5. The maximum Gasteiger partial charge on any atom is 0.414 e. The van der Waals surface area contributed by atoms with Crippen LogP contribution in [0, 0.1) is 0 Å². The topological polar surface area (TPSA) is 65.1 Å². The van der Waals surface area contributed by atoms with Gasteiger partial charge in [-0.05, 0) is 58.7 Å². The average Bonchev–Trinajstić information content (AvgIpc) is 2.94. The van der Waals surface area contributed by atoms with Crippen LogP contribution in [0.2, 0.25) is 0 Å². The molecule has 0 N–H and O–H groups in total. The number of methoxy groups -OCH3 is 2. The first-order valence-electron chi connectivity index (χ1n) is 11.8. The van der Waals surface area contributed by atoms with E-state index in [2.05, 4.69) is 36.4 Å². The molecule has 36 heavy (non-hydrogen) atoms. The van der Waals surface area contributed by atoms with Crippen molar-refractivity contribution in [3.8, 4) is 16.9 Å². The van der Waals surface area contributed by atoms with Crippen LogP contribution in [0.1, 0.15) is 12.0 Å². The molecule has 6 heteroatoms. The van der Waals surface area contributed by atoms with Crippen molar-refractivity contribution in [3.05, 3.63) is 96.6 Å². The van der Waals surface area contributed by atoms with E-state index in [1.807, 2.05) is 54.6 Å². The van der Waals surface area contributed by atoms with Crippen molar-refractivity contribution in [2.75, 3.05) is 32.3 Å². The minimum absolute atomic E-state index is 0.244. The molecule has 0 aliphatic heterocycles. The van der Waals surface area contributed by atoms with E-state index in [1.54, 1.807) is 4.90 Å². The van der Waals surface area contributed by atoms with Crippen LogP contribution in [0.3, 0.4) is 0 Å². The molecule has 184 valence electrons. The molecule has 0 fully saturated rings. The predicted octanol–water partition coefficient (Wildman–Crippen LogP) is 6.26. The largest absolute Gasteiger partial charge is 0.491 e. The molecule has 0 aliphatic carbocycles. The monoisotopic (exact) mass is 483 g/mol. The number of aryl methyl sites for hydroxylation is 1. The molecule has 0 aliphatic rings. The van der Waals surface area contributed by atoms with Gasteiger partial charge in [-0.15, -0.1) is 0 Å². The van der Waals surface area contributed by atoms with Gasteiger partial charge >= 0.3 is 12.1 Å². The van der Waals surface area contributed by atoms with Crippen molar-refractivity contribution in [2.45, 2.75) is 12.8 Å². The van der Waals surface area contributed by atoms with Crippen molar-refractivity contribution < 1.29 is 23.8 Å². The summed E-state index contributed by atoms with van der Waals surface area (Å²) in [6, 6.07) is 29.8. The minimum atomic E-state index is -0.447. The van der Waals surface area contributed by atoms with E-state index in [9.17, 15) is 9.59 Å². The number of carbonyl (C=O) groups is 2. The predicted molar refractivity (Wildman–Crippen MR) is 141 cm³/mol. The van der Waals surface area contributed by atoms with Gasteiger partial charge in [0.25, 0.3) is 0 Å². The summed E-state index contributed by atoms with van der Waals surface area (Å²) in [5.41, 5.74) is 3.68. The number of benzene rings is 4. The Balaban J connectivity index is 1.60. The van der Waals surface area contributed by atoms with E-state index < -0.39 is 6.09 Å². The summed E-state index contributed by atoms with van der Waals surface area (Å²) < 4.78 is 16.0. The van der Waals surface area contributed by atoms with Crippen LogP contribution >= 0.6 is 0 Å². The number of anilines is 1. The Morgan fingerprint density at radius 2 is 1.53 bits per heavy atom. The molecular formula is C30H29NO5. The molecule has 4 rings (SSSR count). The Morgan fingerprint density at radius 3 is 2.28 bits per heavy atom. The third-order valence-electron chi connectivity index (χ3n) is 5.99. The van der Waals surface area contributed by atoms with Crippen LogP contribution in [0.25, 0.3) is 21.9 Å². The molecule has 0 atom stereocenters. The summed E-state index contributed by atoms with van der Waals surface area (Å²) in [6.07, 6.45) is 0.425. The third kappa shape index (κ3) is 6.02. The van der Waals surface area contributed by atoms with Crippen molar-refractivity contribution in [3.63, 3.8) is 0 Å². The number of amides is 1. The van der Waals surface area contributed by atoms with Crippen LogP contribution in [-0.4, -0.2) is 39.4 Å². The number of esters is 1. The molecule has 0 saturated heterocycles. The molecule has 0 aromatic heterocycles. The van der Waals surface area contributed by atoms with Crippen molar-refractivity contribution in [1.82, 2.24) is 0 Å². The first kappa shape index (κ1) is 24.8. The zero-order valence-corrected chi connectivity index (χ0v) is 20.5. The van der Waals surface area contributed by atoms with Gasteiger partial charge < -0.3 is 14.2 Å². The molecule has 0 heterocycles. The number of hydrogen-bond donors (Lipinski definition) is 0. The molecule has 0 bridgehead atoms. The second kappa shape index (κ2) is 11.9. The van der Waals surface area contributed by atoms with Gasteiger partial charge in [-0.2, -0.15) is 0 Å². The summed E-state index contributed by atoms with van der Waals surface area (Å²) in [4.78, 5) is 25.6. The lowest BCUT2D eigenvalue weighted by atomic mass is 9.97. The molecule has 0 saturated carbocycles. The summed E-state index contributed by atoms with van der Waals surface area (Å²) in [7, 11) is 2.76. The molecule has 0 radical (unpaired) electrons. The Hall–Kier alpha value is -4.32. The Labute approximate surface area is 211 Å². The van der Waals surface area contributed by atoms with Crippen molar-refractivity contribution >= 4 is 28.5 Å². The summed E-state index contributed by atoms with van der Waals surface area (Å²) in [5.74, 6) is 0.455. The Kier molecular flexibility index (Phi) is 8.19. The van der Waals surface area contributed by atoms with Crippen LogP contribution < -0.4 is 9.64 Å². The first-order chi connectivity index (χ1) is 17.6. The van der Waals surface area contributed by atoms with Crippen LogP contribution in [0.5, 0.6) is 5.75 Å². The van der Waals surface area contributed by atoms with Gasteiger partial charge in [0.15, 0.2) is 0 Å². The number of carbonyl (C=O) groups excluding carboxylic acids is 2. The maximum absolute atomic E-state index is 12.4. The van der Waals surface area contributed by atoms with E-state index in [0.29, 0.717) is 25.1 Å². The molecule has 4 aromatic rings. The zero-order valence-electron chi connectivity index (χ0n) is 20.5. The van der Waals surface area contributed by atoms with Crippen molar-refractivity contribution in [1.29, 1.82) is 0 Å². The van der Waals surface area contributed by atoms with Crippen LogP contribution in [-0.2, 0) is 20.7 Å². The summed E-state index contributed by atoms with van der Waals surface area (Å²) >= 11 is 0. The van der Waals surface area contributed by atoms with Gasteiger partial charge in [0.1, 0.15) is 12.4 Å². The molecule has 6 nitrogen and oxygen atoms in total. The lowest BCUT2D eigenvalue weighted by Crippen LogP contribution is -2.34. The van der Waals surface area contributed by atoms with Gasteiger partial charge in [0, 0.05) is 17.7 Å². The quantitative estimate of drug-likeness (QED) is 0.263. The Bertz CT molecular complexity index is 1340. The minimum Gasteiger partial charge on any atom is -0.491 e. The second-order valence-electron chi connectivity index (χ2n) is 8.27.